The van der Waals surface area contributed by atoms with Gasteiger partial charge in [0.1, 0.15) is 11.3 Å². The van der Waals surface area contributed by atoms with E-state index in [9.17, 15) is 9.59 Å². The number of fused-ring (bicyclic) bond motifs is 2. The Labute approximate surface area is 162 Å². The van der Waals surface area contributed by atoms with Crippen LogP contribution in [0.15, 0.2) is 57.7 Å². The number of benzene rings is 2. The van der Waals surface area contributed by atoms with Gasteiger partial charge < -0.3 is 19.0 Å². The van der Waals surface area contributed by atoms with E-state index in [2.05, 4.69) is 0 Å². The van der Waals surface area contributed by atoms with E-state index in [0.717, 1.165) is 11.3 Å². The number of amides is 1. The van der Waals surface area contributed by atoms with E-state index in [1.54, 1.807) is 36.3 Å². The van der Waals surface area contributed by atoms with Gasteiger partial charge in [0.25, 0.3) is 5.91 Å². The number of nitrogens with zero attached hydrogens (tertiary/aromatic N) is 2. The van der Waals surface area contributed by atoms with Gasteiger partial charge in [-0.1, -0.05) is 24.3 Å². The van der Waals surface area contributed by atoms with Crippen molar-refractivity contribution in [3.8, 4) is 5.75 Å². The molecular formula is C22H22N2O4. The van der Waals surface area contributed by atoms with E-state index in [4.69, 9.17) is 9.15 Å². The van der Waals surface area contributed by atoms with Gasteiger partial charge in [-0.25, -0.2) is 0 Å². The summed E-state index contributed by atoms with van der Waals surface area (Å²) in [4.78, 5) is 30.2. The minimum atomic E-state index is -0.478. The molecule has 2 heterocycles. The van der Waals surface area contributed by atoms with Crippen molar-refractivity contribution in [3.63, 3.8) is 0 Å². The predicted octanol–water partition coefficient (Wildman–Crippen LogP) is 2.91. The first-order valence-corrected chi connectivity index (χ1v) is 9.16. The SMILES string of the molecule is COc1ccc(C2c3c(oc4ccccc4c3=O)C(=O)N2CCN(C)C)cc1. The summed E-state index contributed by atoms with van der Waals surface area (Å²) in [6, 6.07) is 14.0. The van der Waals surface area contributed by atoms with Crippen molar-refractivity contribution < 1.29 is 13.9 Å². The molecule has 0 radical (unpaired) electrons. The maximum Gasteiger partial charge on any atom is 0.290 e. The number of para-hydroxylation sites is 1. The standard InChI is InChI=1S/C22H22N2O4/c1-23(2)12-13-24-19(14-8-10-15(27-3)11-9-14)18-20(25)16-6-4-5-7-17(16)28-21(18)22(24)26/h4-11,19H,12-13H2,1-3H3. The molecule has 2 aromatic carbocycles. The quantitative estimate of drug-likeness (QED) is 0.683. The number of methoxy groups -OCH3 is 1. The first kappa shape index (κ1) is 18.3. The zero-order valence-corrected chi connectivity index (χ0v) is 16.1. The number of hydrogen-bond acceptors (Lipinski definition) is 5. The van der Waals surface area contributed by atoms with Crippen LogP contribution in [-0.2, 0) is 0 Å². The number of likely N-dealkylation sites (N-methyl/N-ethyl adjacent to an activating group) is 1. The van der Waals surface area contributed by atoms with Crippen LogP contribution in [0.5, 0.6) is 5.75 Å². The first-order chi connectivity index (χ1) is 13.5. The van der Waals surface area contributed by atoms with Crippen LogP contribution in [0.2, 0.25) is 0 Å². The van der Waals surface area contributed by atoms with E-state index >= 15 is 0 Å². The lowest BCUT2D eigenvalue weighted by molar-refractivity contribution is 0.0716. The Hall–Kier alpha value is -3.12. The van der Waals surface area contributed by atoms with Crippen molar-refractivity contribution in [2.45, 2.75) is 6.04 Å². The highest BCUT2D eigenvalue weighted by Crippen LogP contribution is 2.38. The molecule has 0 N–H and O–H groups in total. The Morgan fingerprint density at radius 2 is 1.79 bits per heavy atom. The van der Waals surface area contributed by atoms with Crippen LogP contribution in [0.3, 0.4) is 0 Å². The van der Waals surface area contributed by atoms with E-state index in [0.29, 0.717) is 29.6 Å². The molecule has 0 aliphatic carbocycles. The second kappa shape index (κ2) is 7.13. The molecule has 0 fully saturated rings. The predicted molar refractivity (Wildman–Crippen MR) is 107 cm³/mol. The van der Waals surface area contributed by atoms with Crippen LogP contribution in [-0.4, -0.2) is 50.0 Å². The highest BCUT2D eigenvalue weighted by molar-refractivity contribution is 5.99. The fourth-order valence-electron chi connectivity index (χ4n) is 3.64. The molecule has 1 atom stereocenters. The molecule has 0 saturated heterocycles. The molecule has 6 heteroatoms. The first-order valence-electron chi connectivity index (χ1n) is 9.16. The van der Waals surface area contributed by atoms with Gasteiger partial charge in [-0.3, -0.25) is 9.59 Å². The molecule has 1 unspecified atom stereocenters. The van der Waals surface area contributed by atoms with Gasteiger partial charge in [0.2, 0.25) is 5.76 Å². The summed E-state index contributed by atoms with van der Waals surface area (Å²) in [5, 5.41) is 0.488. The maximum atomic E-state index is 13.3. The summed E-state index contributed by atoms with van der Waals surface area (Å²) < 4.78 is 11.1. The van der Waals surface area contributed by atoms with Gasteiger partial charge in [-0.15, -0.1) is 0 Å². The summed E-state index contributed by atoms with van der Waals surface area (Å²) in [5.41, 5.74) is 1.54. The van der Waals surface area contributed by atoms with E-state index in [1.807, 2.05) is 43.3 Å². The largest absolute Gasteiger partial charge is 0.497 e. The summed E-state index contributed by atoms with van der Waals surface area (Å²) in [7, 11) is 5.51. The van der Waals surface area contributed by atoms with Gasteiger partial charge in [-0.05, 0) is 43.9 Å². The third-order valence-electron chi connectivity index (χ3n) is 5.09. The van der Waals surface area contributed by atoms with Crippen LogP contribution >= 0.6 is 0 Å². The fourth-order valence-corrected chi connectivity index (χ4v) is 3.64. The molecule has 1 aliphatic rings. The summed E-state index contributed by atoms with van der Waals surface area (Å²) in [6.07, 6.45) is 0. The minimum absolute atomic E-state index is 0.142. The molecule has 144 valence electrons. The zero-order valence-electron chi connectivity index (χ0n) is 16.1. The molecule has 4 rings (SSSR count). The van der Waals surface area contributed by atoms with Gasteiger partial charge in [-0.2, -0.15) is 0 Å². The molecule has 1 amide bonds. The average molecular weight is 378 g/mol. The van der Waals surface area contributed by atoms with Crippen LogP contribution in [0.4, 0.5) is 0 Å². The minimum Gasteiger partial charge on any atom is -0.497 e. The van der Waals surface area contributed by atoms with Gasteiger partial charge in [0.05, 0.1) is 24.1 Å². The number of carbonyl (C=O) groups is 1. The van der Waals surface area contributed by atoms with Gasteiger partial charge in [0, 0.05) is 13.1 Å². The molecule has 0 bridgehead atoms. The van der Waals surface area contributed by atoms with E-state index in [1.165, 1.54) is 0 Å². The third kappa shape index (κ3) is 2.96. The number of ether oxygens (including phenoxy) is 1. The molecule has 1 aromatic heterocycles. The van der Waals surface area contributed by atoms with Crippen molar-refractivity contribution in [1.29, 1.82) is 0 Å². The average Bonchev–Trinajstić information content (AvgIpc) is 2.99. The lowest BCUT2D eigenvalue weighted by Crippen LogP contribution is -2.35. The number of rotatable bonds is 5. The number of hydrogen-bond donors (Lipinski definition) is 0. The molecule has 28 heavy (non-hydrogen) atoms. The molecular weight excluding hydrogens is 356 g/mol. The van der Waals surface area contributed by atoms with E-state index < -0.39 is 6.04 Å². The van der Waals surface area contributed by atoms with Crippen molar-refractivity contribution >= 4 is 16.9 Å². The molecule has 3 aromatic rings. The summed E-state index contributed by atoms with van der Waals surface area (Å²) in [5.74, 6) is 0.613. The topological polar surface area (TPSA) is 63.0 Å². The molecule has 6 nitrogen and oxygen atoms in total. The monoisotopic (exact) mass is 378 g/mol. The maximum absolute atomic E-state index is 13.3. The zero-order chi connectivity index (χ0) is 19.8. The lowest BCUT2D eigenvalue weighted by Gasteiger charge is -2.26. The van der Waals surface area contributed by atoms with Gasteiger partial charge >= 0.3 is 0 Å². The van der Waals surface area contributed by atoms with Crippen LogP contribution < -0.4 is 10.2 Å². The Balaban J connectivity index is 1.90. The summed E-state index contributed by atoms with van der Waals surface area (Å²) in [6.45, 7) is 1.17. The van der Waals surface area contributed by atoms with Crippen molar-refractivity contribution in [2.24, 2.45) is 0 Å². The molecule has 1 aliphatic heterocycles. The smallest absolute Gasteiger partial charge is 0.290 e. The van der Waals surface area contributed by atoms with Gasteiger partial charge in [0.15, 0.2) is 5.43 Å². The van der Waals surface area contributed by atoms with Crippen molar-refractivity contribution in [2.75, 3.05) is 34.3 Å². The highest BCUT2D eigenvalue weighted by Gasteiger charge is 2.42. The lowest BCUT2D eigenvalue weighted by atomic mass is 9.98. The van der Waals surface area contributed by atoms with Crippen LogP contribution in [0, 0.1) is 0 Å². The van der Waals surface area contributed by atoms with E-state index in [-0.39, 0.29) is 17.1 Å². The normalized spacial score (nSPS) is 16.1. The Kier molecular flexibility index (Phi) is 4.65. The second-order valence-electron chi connectivity index (χ2n) is 7.15. The molecule has 0 saturated carbocycles. The van der Waals surface area contributed by atoms with Crippen molar-refractivity contribution in [3.05, 3.63) is 75.6 Å². The van der Waals surface area contributed by atoms with Crippen molar-refractivity contribution in [1.82, 2.24) is 9.80 Å². The van der Waals surface area contributed by atoms with Crippen LogP contribution in [0.25, 0.3) is 11.0 Å². The van der Waals surface area contributed by atoms with Crippen LogP contribution in [0.1, 0.15) is 27.7 Å². The number of carbonyl (C=O) groups excluding carboxylic acids is 1. The second-order valence-corrected chi connectivity index (χ2v) is 7.15. The summed E-state index contributed by atoms with van der Waals surface area (Å²) >= 11 is 0. The highest BCUT2D eigenvalue weighted by atomic mass is 16.5. The Bertz CT molecular complexity index is 1090. The Morgan fingerprint density at radius 3 is 2.46 bits per heavy atom. The Morgan fingerprint density at radius 1 is 1.07 bits per heavy atom. The third-order valence-corrected chi connectivity index (χ3v) is 5.09. The fraction of sp³-hybridized carbons (Fsp3) is 0.273. The molecule has 0 spiro atoms.